The van der Waals surface area contributed by atoms with E-state index in [2.05, 4.69) is 35.9 Å². The molecule has 0 spiro atoms. The maximum atomic E-state index is 15.4. The normalized spacial score (nSPS) is 22.3. The largest absolute Gasteiger partial charge is 0.488 e. The second-order valence-electron chi connectivity index (χ2n) is 11.7. The monoisotopic (exact) mass is 568 g/mol. The molecule has 14 heteroatoms. The highest BCUT2D eigenvalue weighted by Crippen LogP contribution is 2.39. The molecule has 3 aromatic rings. The summed E-state index contributed by atoms with van der Waals surface area (Å²) in [4.78, 5) is 26.8. The smallest absolute Gasteiger partial charge is 0.368 e. The number of nitrogens with zero attached hydrogens (tertiary/aromatic N) is 8. The van der Waals surface area contributed by atoms with Crippen LogP contribution in [0.2, 0.25) is 0 Å². The Hall–Kier alpha value is -4.09. The number of aryl methyl sites for hydroxylation is 1. The second kappa shape index (κ2) is 10.7. The average molecular weight is 569 g/mol. The van der Waals surface area contributed by atoms with Crippen molar-refractivity contribution < 1.29 is 17.0 Å². The number of rotatable bonds is 8. The minimum atomic E-state index is -1.36. The van der Waals surface area contributed by atoms with Crippen LogP contribution in [0.25, 0.3) is 10.5 Å². The fraction of sp³-hybridized carbons (Fsp3) is 0.556. The lowest BCUT2D eigenvalue weighted by molar-refractivity contribution is 0.0283. The Balaban J connectivity index is 1.43. The Morgan fingerprint density at radius 3 is 2.83 bits per heavy atom. The highest BCUT2D eigenvalue weighted by Gasteiger charge is 2.43. The van der Waals surface area contributed by atoms with Gasteiger partial charge in [0.25, 0.3) is 0 Å². The summed E-state index contributed by atoms with van der Waals surface area (Å²) in [6.45, 7) is 13.2. The minimum absolute atomic E-state index is 0.00491. The van der Waals surface area contributed by atoms with Gasteiger partial charge >= 0.3 is 5.69 Å². The molecule has 0 bridgehead atoms. The van der Waals surface area contributed by atoms with Gasteiger partial charge in [-0.15, -0.1) is 0 Å². The number of aliphatic hydroxyl groups is 1. The van der Waals surface area contributed by atoms with E-state index >= 15 is 4.39 Å². The molecule has 1 aromatic carbocycles. The molecular formula is C27H35FN10O3. The molecule has 41 heavy (non-hydrogen) atoms. The van der Waals surface area contributed by atoms with E-state index in [1.54, 1.807) is 0 Å². The molecule has 2 fully saturated rings. The number of ether oxygens (including phenoxy) is 1. The van der Waals surface area contributed by atoms with E-state index in [1.807, 2.05) is 18.7 Å². The number of fused-ring (bicyclic) bond motifs is 1. The van der Waals surface area contributed by atoms with Gasteiger partial charge in [0, 0.05) is 39.7 Å². The number of nitrogens with one attached hydrogen (secondary N) is 2. The maximum absolute atomic E-state index is 15.4. The van der Waals surface area contributed by atoms with Crippen molar-refractivity contribution in [3.05, 3.63) is 46.0 Å². The van der Waals surface area contributed by atoms with Gasteiger partial charge in [-0.3, -0.25) is 4.90 Å². The molecule has 5 rings (SSSR count). The molecule has 4 heterocycles. The molecule has 2 atom stereocenters. The van der Waals surface area contributed by atoms with E-state index in [1.165, 1.54) is 33.2 Å². The SMILES string of the molecule is [2H]C1([2H])CC[C@H]2C[C@@H](Nc3nc(Nc4cc(-n5nnn(C)c5=O)c(OCC(C)(C)O)cc4F)ncc3[N+]#[C-])CC(C)(C)N21. The summed E-state index contributed by atoms with van der Waals surface area (Å²) in [5, 5.41) is 23.9. The third-order valence-corrected chi connectivity index (χ3v) is 7.14. The molecule has 2 aliphatic heterocycles. The summed E-state index contributed by atoms with van der Waals surface area (Å²) in [5.74, 6) is -0.503. The van der Waals surface area contributed by atoms with Crippen LogP contribution in [0.5, 0.6) is 5.75 Å². The quantitative estimate of drug-likeness (QED) is 0.347. The molecule has 13 nitrogen and oxygen atoms in total. The van der Waals surface area contributed by atoms with Crippen molar-refractivity contribution in [1.29, 1.82) is 0 Å². The molecule has 218 valence electrons. The maximum Gasteiger partial charge on any atom is 0.368 e. The van der Waals surface area contributed by atoms with Crippen LogP contribution < -0.4 is 21.1 Å². The lowest BCUT2D eigenvalue weighted by Crippen LogP contribution is -2.55. The Kier molecular flexibility index (Phi) is 6.76. The fourth-order valence-electron chi connectivity index (χ4n) is 5.34. The van der Waals surface area contributed by atoms with Crippen LogP contribution in [0.1, 0.15) is 56.1 Å². The highest BCUT2D eigenvalue weighted by atomic mass is 19.1. The van der Waals surface area contributed by atoms with Crippen molar-refractivity contribution in [1.82, 2.24) is 34.7 Å². The molecule has 0 amide bonds. The Morgan fingerprint density at radius 2 is 2.15 bits per heavy atom. The van der Waals surface area contributed by atoms with Gasteiger partial charge < -0.3 is 20.5 Å². The first kappa shape index (κ1) is 25.8. The third-order valence-electron chi connectivity index (χ3n) is 7.14. The first-order valence-electron chi connectivity index (χ1n) is 14.3. The van der Waals surface area contributed by atoms with E-state index in [4.69, 9.17) is 14.1 Å². The fourth-order valence-corrected chi connectivity index (χ4v) is 5.34. The van der Waals surface area contributed by atoms with Crippen molar-refractivity contribution >= 4 is 23.1 Å². The number of hydrogen-bond donors (Lipinski definition) is 3. The second-order valence-corrected chi connectivity index (χ2v) is 11.7. The van der Waals surface area contributed by atoms with E-state index in [0.29, 0.717) is 19.3 Å². The summed E-state index contributed by atoms with van der Waals surface area (Å²) in [6.07, 6.45) is 3.87. The molecule has 0 radical (unpaired) electrons. The van der Waals surface area contributed by atoms with Crippen LogP contribution in [-0.4, -0.2) is 76.1 Å². The van der Waals surface area contributed by atoms with Gasteiger partial charge in [-0.25, -0.2) is 24.0 Å². The summed E-state index contributed by atoms with van der Waals surface area (Å²) in [6, 6.07) is 2.35. The Morgan fingerprint density at radius 1 is 1.37 bits per heavy atom. The standard InChI is InChI=1S/C27H35FN10O3/c1-26(2)13-16(10-17-8-7-9-37(17)26)31-23-20(29-5)14-30-24(33-23)32-19-12-21(38-25(39)36(6)34-35-38)22(11-18(19)28)41-15-27(3,4)40/h11-12,14,16-17,40H,7-10,13,15H2,1-4,6H3,(H2,30,31,32,33)/t16-,17+/m1/s1/i9D2. The van der Waals surface area contributed by atoms with Crippen molar-refractivity contribution in [2.75, 3.05) is 23.7 Å². The molecular weight excluding hydrogens is 531 g/mol. The molecule has 2 aromatic heterocycles. The van der Waals surface area contributed by atoms with Gasteiger partial charge in [-0.05, 0) is 76.4 Å². The van der Waals surface area contributed by atoms with Crippen LogP contribution in [-0.2, 0) is 7.05 Å². The first-order chi connectivity index (χ1) is 20.1. The van der Waals surface area contributed by atoms with Gasteiger partial charge in [-0.1, -0.05) is 0 Å². The number of aromatic nitrogens is 6. The van der Waals surface area contributed by atoms with E-state index in [-0.39, 0.29) is 53.3 Å². The number of piperidine rings is 1. The Bertz CT molecular complexity index is 1630. The average Bonchev–Trinajstić information content (AvgIpc) is 3.41. The van der Waals surface area contributed by atoms with Gasteiger partial charge in [0.05, 0.1) is 17.9 Å². The number of hydrogen-bond acceptors (Lipinski definition) is 10. The molecule has 0 unspecified atom stereocenters. The molecule has 2 saturated heterocycles. The predicted octanol–water partition coefficient (Wildman–Crippen LogP) is 3.16. The summed E-state index contributed by atoms with van der Waals surface area (Å²) >= 11 is 0. The van der Waals surface area contributed by atoms with E-state index in [0.717, 1.165) is 21.9 Å². The topological polar surface area (TPSA) is 140 Å². The van der Waals surface area contributed by atoms with E-state index < -0.39 is 29.1 Å². The van der Waals surface area contributed by atoms with Gasteiger partial charge in [-0.2, -0.15) is 9.36 Å². The van der Waals surface area contributed by atoms with Crippen molar-refractivity contribution in [3.63, 3.8) is 0 Å². The zero-order chi connectivity index (χ0) is 31.3. The summed E-state index contributed by atoms with van der Waals surface area (Å²) in [5.41, 5.74) is -2.07. The lowest BCUT2D eigenvalue weighted by Gasteiger charge is -2.48. The molecule has 2 aliphatic rings. The Labute approximate surface area is 240 Å². The number of anilines is 3. The van der Waals surface area contributed by atoms with Gasteiger partial charge in [0.1, 0.15) is 23.9 Å². The van der Waals surface area contributed by atoms with E-state index in [9.17, 15) is 9.90 Å². The zero-order valence-electron chi connectivity index (χ0n) is 25.6. The highest BCUT2D eigenvalue weighted by molar-refractivity contribution is 5.69. The third kappa shape index (κ3) is 6.01. The zero-order valence-corrected chi connectivity index (χ0v) is 23.6. The first-order valence-corrected chi connectivity index (χ1v) is 13.3. The summed E-state index contributed by atoms with van der Waals surface area (Å²) < 4.78 is 39.8. The van der Waals surface area contributed by atoms with Crippen molar-refractivity contribution in [2.24, 2.45) is 7.05 Å². The number of halogens is 1. The molecule has 0 saturated carbocycles. The van der Waals surface area contributed by atoms with Crippen LogP contribution in [0.15, 0.2) is 23.1 Å². The van der Waals surface area contributed by atoms with Crippen LogP contribution >= 0.6 is 0 Å². The lowest BCUT2D eigenvalue weighted by atomic mass is 9.84. The van der Waals surface area contributed by atoms with Crippen LogP contribution in [0.4, 0.5) is 27.5 Å². The van der Waals surface area contributed by atoms with Gasteiger partial charge in [0.2, 0.25) is 11.6 Å². The van der Waals surface area contributed by atoms with Crippen molar-refractivity contribution in [2.45, 2.75) is 76.6 Å². The summed E-state index contributed by atoms with van der Waals surface area (Å²) in [7, 11) is 1.42. The van der Waals surface area contributed by atoms with Crippen LogP contribution in [0.3, 0.4) is 0 Å². The number of tetrazole rings is 1. The molecule has 0 aliphatic carbocycles. The minimum Gasteiger partial charge on any atom is -0.488 e. The van der Waals surface area contributed by atoms with Gasteiger partial charge in [0.15, 0.2) is 5.82 Å². The predicted molar refractivity (Wildman–Crippen MR) is 150 cm³/mol. The number of benzene rings is 1. The van der Waals surface area contributed by atoms with Crippen molar-refractivity contribution in [3.8, 4) is 11.4 Å². The van der Waals surface area contributed by atoms with Crippen LogP contribution in [0, 0.1) is 12.4 Å². The molecule has 3 N–H and O–H groups in total.